The Hall–Kier alpha value is -1.64. The van der Waals surface area contributed by atoms with Crippen LogP contribution in [0.4, 0.5) is 5.69 Å². The Morgan fingerprint density at radius 3 is 2.15 bits per heavy atom. The minimum absolute atomic E-state index is 0.452. The third-order valence-corrected chi connectivity index (χ3v) is 1.80. The number of rotatable bonds is 4. The van der Waals surface area contributed by atoms with Crippen molar-refractivity contribution in [1.82, 2.24) is 0 Å². The van der Waals surface area contributed by atoms with E-state index in [0.717, 1.165) is 5.56 Å². The van der Waals surface area contributed by atoms with E-state index >= 15 is 0 Å². The number of anilines is 1. The van der Waals surface area contributed by atoms with Gasteiger partial charge in [-0.1, -0.05) is 12.1 Å². The molecule has 3 nitrogen and oxygen atoms in total. The van der Waals surface area contributed by atoms with Crippen LogP contribution in [0.5, 0.6) is 0 Å². The zero-order valence-corrected chi connectivity index (χ0v) is 7.14. The van der Waals surface area contributed by atoms with E-state index in [1.54, 1.807) is 12.1 Å². The smallest absolute Gasteiger partial charge is 0.130 e. The average Bonchev–Trinajstić information content (AvgIpc) is 2.17. The van der Waals surface area contributed by atoms with Crippen molar-refractivity contribution in [3.8, 4) is 0 Å². The first-order valence-electron chi connectivity index (χ1n) is 4.01. The van der Waals surface area contributed by atoms with E-state index in [1.165, 1.54) is 0 Å². The lowest BCUT2D eigenvalue weighted by Gasteiger charge is -2.02. The standard InChI is InChI=1S/C10H11NO2/c11-10-3-1-8(2-4-10)5-9(6-12)7-13/h1-4,6-7,9H,5,11H2. The molecule has 1 aromatic carbocycles. The molecule has 0 spiro atoms. The van der Waals surface area contributed by atoms with Crippen LogP contribution in [0.3, 0.4) is 0 Å². The number of benzene rings is 1. The molecule has 13 heavy (non-hydrogen) atoms. The molecule has 0 aromatic heterocycles. The van der Waals surface area contributed by atoms with Gasteiger partial charge in [-0.3, -0.25) is 0 Å². The van der Waals surface area contributed by atoms with Gasteiger partial charge in [-0.25, -0.2) is 0 Å². The number of aldehydes is 2. The summed E-state index contributed by atoms with van der Waals surface area (Å²) in [6.45, 7) is 0. The summed E-state index contributed by atoms with van der Waals surface area (Å²) in [4.78, 5) is 20.7. The SMILES string of the molecule is Nc1ccc(CC(C=O)C=O)cc1. The molecule has 1 rings (SSSR count). The van der Waals surface area contributed by atoms with Crippen molar-refractivity contribution in [1.29, 1.82) is 0 Å². The second-order valence-electron chi connectivity index (χ2n) is 2.88. The van der Waals surface area contributed by atoms with Gasteiger partial charge in [-0.15, -0.1) is 0 Å². The maximum Gasteiger partial charge on any atom is 0.130 e. The molecule has 0 aliphatic heterocycles. The predicted octanol–water partition coefficient (Wildman–Crippen LogP) is 0.825. The Balaban J connectivity index is 2.68. The van der Waals surface area contributed by atoms with Crippen molar-refractivity contribution in [3.63, 3.8) is 0 Å². The zero-order chi connectivity index (χ0) is 9.68. The maximum atomic E-state index is 10.4. The Morgan fingerprint density at radius 1 is 1.15 bits per heavy atom. The van der Waals surface area contributed by atoms with Crippen LogP contribution < -0.4 is 5.73 Å². The summed E-state index contributed by atoms with van der Waals surface area (Å²) in [5.74, 6) is -0.538. The number of hydrogen-bond acceptors (Lipinski definition) is 3. The average molecular weight is 177 g/mol. The molecule has 0 saturated carbocycles. The fraction of sp³-hybridized carbons (Fsp3) is 0.200. The second kappa shape index (κ2) is 4.40. The van der Waals surface area contributed by atoms with Crippen molar-refractivity contribution >= 4 is 18.3 Å². The third-order valence-electron chi connectivity index (χ3n) is 1.80. The highest BCUT2D eigenvalue weighted by Crippen LogP contribution is 2.08. The van der Waals surface area contributed by atoms with Crippen LogP contribution in [-0.2, 0) is 16.0 Å². The normalized spacial score (nSPS) is 9.92. The van der Waals surface area contributed by atoms with E-state index in [0.29, 0.717) is 24.7 Å². The van der Waals surface area contributed by atoms with Gasteiger partial charge in [0, 0.05) is 5.69 Å². The lowest BCUT2D eigenvalue weighted by Crippen LogP contribution is -2.07. The number of carbonyl (C=O) groups is 2. The molecule has 0 bridgehead atoms. The molecule has 0 amide bonds. The summed E-state index contributed by atoms with van der Waals surface area (Å²) in [6, 6.07) is 7.13. The fourth-order valence-corrected chi connectivity index (χ4v) is 1.05. The van der Waals surface area contributed by atoms with Gasteiger partial charge in [0.1, 0.15) is 12.6 Å². The molecule has 0 heterocycles. The minimum Gasteiger partial charge on any atom is -0.399 e. The molecule has 1 aromatic rings. The molecule has 68 valence electrons. The first-order chi connectivity index (χ1) is 6.26. The van der Waals surface area contributed by atoms with Crippen LogP contribution in [0.15, 0.2) is 24.3 Å². The fourth-order valence-electron chi connectivity index (χ4n) is 1.05. The third kappa shape index (κ3) is 2.71. The lowest BCUT2D eigenvalue weighted by atomic mass is 10.0. The largest absolute Gasteiger partial charge is 0.399 e. The van der Waals surface area contributed by atoms with Gasteiger partial charge in [0.05, 0.1) is 5.92 Å². The molecule has 0 aliphatic rings. The zero-order valence-electron chi connectivity index (χ0n) is 7.14. The summed E-state index contributed by atoms with van der Waals surface area (Å²) >= 11 is 0. The monoisotopic (exact) mass is 177 g/mol. The lowest BCUT2D eigenvalue weighted by molar-refractivity contribution is -0.119. The van der Waals surface area contributed by atoms with Crippen molar-refractivity contribution in [2.24, 2.45) is 5.92 Å². The number of nitrogens with two attached hydrogens (primary N) is 1. The maximum absolute atomic E-state index is 10.4. The van der Waals surface area contributed by atoms with E-state index < -0.39 is 5.92 Å². The van der Waals surface area contributed by atoms with E-state index in [4.69, 9.17) is 5.73 Å². The van der Waals surface area contributed by atoms with E-state index in [9.17, 15) is 9.59 Å². The summed E-state index contributed by atoms with van der Waals surface area (Å²) in [6.07, 6.45) is 1.76. The Kier molecular flexibility index (Phi) is 3.20. The van der Waals surface area contributed by atoms with Crippen molar-refractivity contribution < 1.29 is 9.59 Å². The quantitative estimate of drug-likeness (QED) is 0.421. The Morgan fingerprint density at radius 2 is 1.69 bits per heavy atom. The van der Waals surface area contributed by atoms with Crippen LogP contribution in [0.25, 0.3) is 0 Å². The van der Waals surface area contributed by atoms with Crippen LogP contribution in [0.1, 0.15) is 5.56 Å². The predicted molar refractivity (Wildman–Crippen MR) is 50.2 cm³/mol. The number of hydrogen-bond donors (Lipinski definition) is 1. The highest BCUT2D eigenvalue weighted by molar-refractivity contribution is 5.77. The van der Waals surface area contributed by atoms with Gasteiger partial charge in [0.2, 0.25) is 0 Å². The summed E-state index contributed by atoms with van der Waals surface area (Å²) in [7, 11) is 0. The highest BCUT2D eigenvalue weighted by Gasteiger charge is 2.05. The molecular formula is C10H11NO2. The van der Waals surface area contributed by atoms with Crippen molar-refractivity contribution in [2.75, 3.05) is 5.73 Å². The van der Waals surface area contributed by atoms with Gasteiger partial charge in [-0.05, 0) is 24.1 Å². The van der Waals surface area contributed by atoms with E-state index in [1.807, 2.05) is 12.1 Å². The highest BCUT2D eigenvalue weighted by atomic mass is 16.1. The van der Waals surface area contributed by atoms with Crippen LogP contribution in [-0.4, -0.2) is 12.6 Å². The van der Waals surface area contributed by atoms with Crippen LogP contribution in [0.2, 0.25) is 0 Å². The molecule has 0 fully saturated rings. The summed E-state index contributed by atoms with van der Waals surface area (Å²) < 4.78 is 0. The molecule has 3 heteroatoms. The van der Waals surface area contributed by atoms with Gasteiger partial charge < -0.3 is 15.3 Å². The Bertz CT molecular complexity index is 284. The van der Waals surface area contributed by atoms with Gasteiger partial charge in [0.15, 0.2) is 0 Å². The first-order valence-corrected chi connectivity index (χ1v) is 4.01. The summed E-state index contributed by atoms with van der Waals surface area (Å²) in [5, 5.41) is 0. The van der Waals surface area contributed by atoms with Gasteiger partial charge >= 0.3 is 0 Å². The molecule has 0 unspecified atom stereocenters. The Labute approximate surface area is 76.6 Å². The first kappa shape index (κ1) is 9.45. The molecule has 0 atom stereocenters. The van der Waals surface area contributed by atoms with Gasteiger partial charge in [0.25, 0.3) is 0 Å². The van der Waals surface area contributed by atoms with Crippen LogP contribution in [0, 0.1) is 5.92 Å². The minimum atomic E-state index is -0.538. The van der Waals surface area contributed by atoms with Crippen molar-refractivity contribution in [3.05, 3.63) is 29.8 Å². The topological polar surface area (TPSA) is 60.2 Å². The second-order valence-corrected chi connectivity index (χ2v) is 2.88. The molecule has 0 radical (unpaired) electrons. The number of nitrogen functional groups attached to an aromatic ring is 1. The van der Waals surface area contributed by atoms with E-state index in [-0.39, 0.29) is 0 Å². The molecule has 2 N–H and O–H groups in total. The summed E-state index contributed by atoms with van der Waals surface area (Å²) in [5.41, 5.74) is 7.10. The number of carbonyl (C=O) groups excluding carboxylic acids is 2. The molecule has 0 saturated heterocycles. The molecular weight excluding hydrogens is 166 g/mol. The van der Waals surface area contributed by atoms with E-state index in [2.05, 4.69) is 0 Å². The van der Waals surface area contributed by atoms with Gasteiger partial charge in [-0.2, -0.15) is 0 Å². The van der Waals surface area contributed by atoms with Crippen LogP contribution >= 0.6 is 0 Å². The van der Waals surface area contributed by atoms with Crippen molar-refractivity contribution in [2.45, 2.75) is 6.42 Å². The molecule has 0 aliphatic carbocycles.